The highest BCUT2D eigenvalue weighted by Gasteiger charge is 2.29. The number of hydrogen-bond donors (Lipinski definition) is 4. The molecule has 210 valence electrons. The van der Waals surface area contributed by atoms with Crippen molar-refractivity contribution in [2.24, 2.45) is 0 Å². The Bertz CT molecular complexity index is 2000. The number of carbonyl (C=O) groups is 1. The maximum Gasteiger partial charge on any atom is 0.339 e. The molecular weight excluding hydrogens is 592 g/mol. The van der Waals surface area contributed by atoms with Crippen LogP contribution in [0.3, 0.4) is 0 Å². The molecule has 0 aliphatic heterocycles. The Morgan fingerprint density at radius 1 is 0.725 bits per heavy atom. The second-order valence-electron chi connectivity index (χ2n) is 8.16. The van der Waals surface area contributed by atoms with Crippen LogP contribution in [0.15, 0.2) is 81.4 Å². The molecule has 0 aliphatic carbocycles. The first-order chi connectivity index (χ1) is 18.5. The van der Waals surface area contributed by atoms with Crippen molar-refractivity contribution in [2.75, 3.05) is 7.11 Å². The molecule has 0 amide bonds. The summed E-state index contributed by atoms with van der Waals surface area (Å²) in [4.78, 5) is 10.8. The average molecular weight is 611 g/mol. The molecule has 0 aromatic heterocycles. The van der Waals surface area contributed by atoms with Gasteiger partial charge < -0.3 is 19.1 Å². The van der Waals surface area contributed by atoms with Crippen LogP contribution in [-0.2, 0) is 30.4 Å². The van der Waals surface area contributed by atoms with E-state index in [1.165, 1.54) is 24.3 Å². The van der Waals surface area contributed by atoms with Gasteiger partial charge in [0.15, 0.2) is 11.5 Å². The Kier molecular flexibility index (Phi) is 7.24. The van der Waals surface area contributed by atoms with E-state index in [4.69, 9.17) is 8.92 Å². The van der Waals surface area contributed by atoms with Crippen LogP contribution in [0.2, 0.25) is 0 Å². The van der Waals surface area contributed by atoms with Crippen molar-refractivity contribution in [3.63, 3.8) is 0 Å². The third-order valence-electron chi connectivity index (χ3n) is 5.56. The van der Waals surface area contributed by atoms with E-state index in [0.29, 0.717) is 18.2 Å². The SMILES string of the molecule is COc1cc(OS(=O)(=O)c2cc(O)c3c(O)cc(S(=O)(=O)O)cc3c2)c(C(=O)c2ccccc2)cc1S(=O)(=O)O. The smallest absolute Gasteiger partial charge is 0.339 e. The van der Waals surface area contributed by atoms with E-state index in [-0.39, 0.29) is 16.3 Å². The Morgan fingerprint density at radius 2 is 1.30 bits per heavy atom. The van der Waals surface area contributed by atoms with Crippen LogP contribution in [0.5, 0.6) is 23.0 Å². The van der Waals surface area contributed by atoms with Crippen LogP contribution in [-0.4, -0.2) is 57.5 Å². The molecule has 0 bridgehead atoms. The molecule has 0 atom stereocenters. The number of carbonyl (C=O) groups excluding carboxylic acids is 1. The van der Waals surface area contributed by atoms with Crippen LogP contribution >= 0.6 is 0 Å². The number of phenolic OH excluding ortho intramolecular Hbond substituents is 2. The molecule has 0 spiro atoms. The second-order valence-corrected chi connectivity index (χ2v) is 12.5. The number of ether oxygens (including phenoxy) is 1. The van der Waals surface area contributed by atoms with E-state index in [1.54, 1.807) is 6.07 Å². The zero-order valence-corrected chi connectivity index (χ0v) is 22.5. The lowest BCUT2D eigenvalue weighted by Crippen LogP contribution is -2.14. The van der Waals surface area contributed by atoms with Crippen molar-refractivity contribution in [3.05, 3.63) is 77.9 Å². The Morgan fingerprint density at radius 3 is 1.85 bits per heavy atom. The summed E-state index contributed by atoms with van der Waals surface area (Å²) >= 11 is 0. The molecule has 0 saturated heterocycles. The third kappa shape index (κ3) is 5.56. The van der Waals surface area contributed by atoms with Crippen molar-refractivity contribution in [3.8, 4) is 23.0 Å². The first-order valence-corrected chi connectivity index (χ1v) is 15.0. The van der Waals surface area contributed by atoms with Gasteiger partial charge in [0.05, 0.1) is 23.0 Å². The highest BCUT2D eigenvalue weighted by Crippen LogP contribution is 2.39. The molecule has 0 saturated carbocycles. The largest absolute Gasteiger partial charge is 0.507 e. The monoisotopic (exact) mass is 610 g/mol. The third-order valence-corrected chi connectivity index (χ3v) is 8.48. The molecule has 0 fully saturated rings. The maximum atomic E-state index is 13.3. The summed E-state index contributed by atoms with van der Waals surface area (Å²) in [5.74, 6) is -3.76. The Balaban J connectivity index is 1.92. The van der Waals surface area contributed by atoms with Crippen molar-refractivity contribution in [1.82, 2.24) is 0 Å². The zero-order valence-electron chi connectivity index (χ0n) is 20.0. The summed E-state index contributed by atoms with van der Waals surface area (Å²) < 4.78 is 103. The fourth-order valence-electron chi connectivity index (χ4n) is 3.77. The number of rotatable bonds is 8. The van der Waals surface area contributed by atoms with Crippen LogP contribution in [0.25, 0.3) is 10.8 Å². The van der Waals surface area contributed by atoms with Crippen LogP contribution in [0, 0.1) is 0 Å². The molecule has 0 unspecified atom stereocenters. The van der Waals surface area contributed by atoms with E-state index in [1.807, 2.05) is 0 Å². The number of aromatic hydroxyl groups is 2. The normalized spacial score (nSPS) is 12.3. The van der Waals surface area contributed by atoms with Gasteiger partial charge in [-0.3, -0.25) is 13.9 Å². The molecule has 4 rings (SSSR count). The minimum atomic E-state index is -4.97. The van der Waals surface area contributed by atoms with E-state index >= 15 is 0 Å². The van der Waals surface area contributed by atoms with Gasteiger partial charge >= 0.3 is 10.1 Å². The van der Waals surface area contributed by atoms with E-state index < -0.39 is 79.4 Å². The second kappa shape index (κ2) is 10.1. The van der Waals surface area contributed by atoms with Crippen molar-refractivity contribution in [2.45, 2.75) is 14.7 Å². The summed E-state index contributed by atoms with van der Waals surface area (Å²) in [5, 5.41) is 19.9. The van der Waals surface area contributed by atoms with E-state index in [9.17, 15) is 49.4 Å². The number of hydrogen-bond acceptors (Lipinski definition) is 11. The fraction of sp³-hybridized carbons (Fsp3) is 0.0417. The van der Waals surface area contributed by atoms with Crippen LogP contribution in [0.4, 0.5) is 0 Å². The highest BCUT2D eigenvalue weighted by molar-refractivity contribution is 7.87. The minimum Gasteiger partial charge on any atom is -0.507 e. The first kappa shape index (κ1) is 28.8. The maximum absolute atomic E-state index is 13.3. The lowest BCUT2D eigenvalue weighted by molar-refractivity contribution is 0.103. The van der Waals surface area contributed by atoms with Crippen LogP contribution < -0.4 is 8.92 Å². The predicted octanol–water partition coefficient (Wildman–Crippen LogP) is 2.75. The van der Waals surface area contributed by atoms with Crippen molar-refractivity contribution in [1.29, 1.82) is 0 Å². The topological polar surface area (TPSA) is 219 Å². The number of fused-ring (bicyclic) bond motifs is 1. The summed E-state index contributed by atoms with van der Waals surface area (Å²) in [6.45, 7) is 0. The molecule has 16 heteroatoms. The number of benzene rings is 4. The summed E-state index contributed by atoms with van der Waals surface area (Å²) in [6.07, 6.45) is 0. The molecule has 40 heavy (non-hydrogen) atoms. The minimum absolute atomic E-state index is 0.00719. The first-order valence-electron chi connectivity index (χ1n) is 10.7. The lowest BCUT2D eigenvalue weighted by atomic mass is 10.0. The summed E-state index contributed by atoms with van der Waals surface area (Å²) in [7, 11) is -13.7. The van der Waals surface area contributed by atoms with Gasteiger partial charge in [-0.05, 0) is 23.6 Å². The quantitative estimate of drug-likeness (QED) is 0.128. The van der Waals surface area contributed by atoms with Gasteiger partial charge in [0.1, 0.15) is 27.0 Å². The number of methoxy groups -OCH3 is 1. The number of ketones is 1. The molecule has 4 N–H and O–H groups in total. The average Bonchev–Trinajstić information content (AvgIpc) is 2.86. The van der Waals surface area contributed by atoms with Gasteiger partial charge in [-0.15, -0.1) is 0 Å². The van der Waals surface area contributed by atoms with Gasteiger partial charge in [-0.2, -0.15) is 25.3 Å². The van der Waals surface area contributed by atoms with E-state index in [2.05, 4.69) is 0 Å². The molecule has 4 aromatic rings. The van der Waals surface area contributed by atoms with Gasteiger partial charge in [-0.25, -0.2) is 0 Å². The van der Waals surface area contributed by atoms with Gasteiger partial charge in [-0.1, -0.05) is 30.3 Å². The Hall–Kier alpha value is -4.22. The molecule has 4 aromatic carbocycles. The van der Waals surface area contributed by atoms with Gasteiger partial charge in [0.25, 0.3) is 20.2 Å². The Labute approximate surface area is 227 Å². The standard InChI is InChI=1S/C24H18O13S3/c1-36-21-12-20(17(11-22(21)39(31,32)33)24(27)13-5-3-2-4-6-13)37-40(34,35)16-8-14-7-15(38(28,29)30)9-18(25)23(14)19(26)10-16/h2-12,25-26H,1H3,(H,28,29,30)(H,31,32,33). The van der Waals surface area contributed by atoms with Crippen molar-refractivity contribution >= 4 is 46.9 Å². The van der Waals surface area contributed by atoms with E-state index in [0.717, 1.165) is 25.3 Å². The highest BCUT2D eigenvalue weighted by atomic mass is 32.2. The molecule has 0 heterocycles. The van der Waals surface area contributed by atoms with Gasteiger partial charge in [0.2, 0.25) is 0 Å². The van der Waals surface area contributed by atoms with Gasteiger partial charge in [0, 0.05) is 23.8 Å². The molecule has 0 aliphatic rings. The fourth-order valence-corrected chi connectivity index (χ4v) is 5.97. The van der Waals surface area contributed by atoms with Crippen LogP contribution in [0.1, 0.15) is 15.9 Å². The molecule has 0 radical (unpaired) electrons. The summed E-state index contributed by atoms with van der Waals surface area (Å²) in [6, 6.07) is 11.6. The predicted molar refractivity (Wildman–Crippen MR) is 138 cm³/mol. The summed E-state index contributed by atoms with van der Waals surface area (Å²) in [5.41, 5.74) is -0.590. The zero-order chi connectivity index (χ0) is 29.6. The molecular formula is C24H18O13S3. The lowest BCUT2D eigenvalue weighted by Gasteiger charge is -2.15. The molecule has 13 nitrogen and oxygen atoms in total. The number of phenols is 2. The van der Waals surface area contributed by atoms with Crippen molar-refractivity contribution < 1.29 is 58.3 Å².